The molecule has 2 fully saturated rings. The van der Waals surface area contributed by atoms with E-state index in [1.807, 2.05) is 0 Å². The Morgan fingerprint density at radius 1 is 1.18 bits per heavy atom. The van der Waals surface area contributed by atoms with Crippen molar-refractivity contribution >= 4 is 21.4 Å². The molecule has 9 heteroatoms. The molecule has 1 aliphatic carbocycles. The highest BCUT2D eigenvalue weighted by Crippen LogP contribution is 2.42. The van der Waals surface area contributed by atoms with Crippen LogP contribution in [0.3, 0.4) is 0 Å². The number of methoxy groups -OCH3 is 2. The Morgan fingerprint density at radius 3 is 2.57 bits per heavy atom. The average molecular weight is 405 g/mol. The zero-order valence-electron chi connectivity index (χ0n) is 15.8. The molecule has 1 aromatic heterocycles. The first-order valence-electron chi connectivity index (χ1n) is 9.23. The monoisotopic (exact) mass is 405 g/mol. The van der Waals surface area contributed by atoms with Crippen LogP contribution >= 0.6 is 0 Å². The second kappa shape index (κ2) is 7.12. The van der Waals surface area contributed by atoms with Gasteiger partial charge in [-0.05, 0) is 37.5 Å². The molecule has 4 rings (SSSR count). The highest BCUT2D eigenvalue weighted by atomic mass is 32.2. The first-order valence-corrected chi connectivity index (χ1v) is 11.1. The lowest BCUT2D eigenvalue weighted by molar-refractivity contribution is 0.102. The number of hydrogen-bond donors (Lipinski definition) is 1. The summed E-state index contributed by atoms with van der Waals surface area (Å²) < 4.78 is 36.0. The summed E-state index contributed by atoms with van der Waals surface area (Å²) in [5.74, 6) is 1.34. The van der Waals surface area contributed by atoms with Crippen molar-refractivity contribution in [3.8, 4) is 11.5 Å². The summed E-state index contributed by atoms with van der Waals surface area (Å²) in [6, 6.07) is 6.72. The molecule has 0 radical (unpaired) electrons. The number of rotatable bonds is 6. The second-order valence-corrected chi connectivity index (χ2v) is 9.48. The molecule has 2 aromatic rings. The van der Waals surface area contributed by atoms with Crippen LogP contribution in [0.15, 0.2) is 24.3 Å². The maximum absolute atomic E-state index is 12.8. The van der Waals surface area contributed by atoms with Gasteiger partial charge >= 0.3 is 0 Å². The average Bonchev–Trinajstić information content (AvgIpc) is 3.32. The number of amides is 1. The number of hydrogen-bond acceptors (Lipinski definition) is 6. The third-order valence-corrected chi connectivity index (χ3v) is 6.95. The summed E-state index contributed by atoms with van der Waals surface area (Å²) >= 11 is 0. The van der Waals surface area contributed by atoms with E-state index in [0.717, 1.165) is 18.5 Å². The topological polar surface area (TPSA) is 99.5 Å². The number of anilines is 1. The molecule has 0 bridgehead atoms. The number of aromatic nitrogens is 2. The molecular formula is C19H23N3O5S. The molecule has 1 aromatic carbocycles. The largest absolute Gasteiger partial charge is 0.497 e. The summed E-state index contributed by atoms with van der Waals surface area (Å²) in [4.78, 5) is 12.8. The molecule has 1 atom stereocenters. The van der Waals surface area contributed by atoms with Gasteiger partial charge in [0, 0.05) is 17.7 Å². The Bertz CT molecular complexity index is 1010. The number of benzene rings is 1. The van der Waals surface area contributed by atoms with Gasteiger partial charge in [-0.1, -0.05) is 0 Å². The predicted octanol–water partition coefficient (Wildman–Crippen LogP) is 2.39. The number of nitrogens with zero attached hydrogens (tertiary/aromatic N) is 2. The predicted molar refractivity (Wildman–Crippen MR) is 104 cm³/mol. The molecule has 0 unspecified atom stereocenters. The van der Waals surface area contributed by atoms with Crippen molar-refractivity contribution in [3.63, 3.8) is 0 Å². The van der Waals surface area contributed by atoms with E-state index >= 15 is 0 Å². The quantitative estimate of drug-likeness (QED) is 0.792. The van der Waals surface area contributed by atoms with E-state index in [4.69, 9.17) is 9.47 Å². The molecule has 1 saturated carbocycles. The Balaban J connectivity index is 1.61. The van der Waals surface area contributed by atoms with Gasteiger partial charge in [-0.3, -0.25) is 9.48 Å². The van der Waals surface area contributed by atoms with Gasteiger partial charge in [-0.2, -0.15) is 5.10 Å². The Hall–Kier alpha value is -2.55. The normalized spacial score (nSPS) is 20.7. The van der Waals surface area contributed by atoms with Gasteiger partial charge in [-0.25, -0.2) is 8.42 Å². The van der Waals surface area contributed by atoms with E-state index in [1.54, 1.807) is 36.1 Å². The van der Waals surface area contributed by atoms with Crippen molar-refractivity contribution in [1.29, 1.82) is 0 Å². The molecule has 2 aliphatic rings. The maximum Gasteiger partial charge on any atom is 0.276 e. The van der Waals surface area contributed by atoms with Crippen molar-refractivity contribution in [2.75, 3.05) is 31.0 Å². The lowest BCUT2D eigenvalue weighted by Gasteiger charge is -2.12. The Morgan fingerprint density at radius 2 is 1.96 bits per heavy atom. The van der Waals surface area contributed by atoms with Gasteiger partial charge in [0.05, 0.1) is 37.5 Å². The summed E-state index contributed by atoms with van der Waals surface area (Å²) in [7, 11) is 0.0403. The molecule has 28 heavy (non-hydrogen) atoms. The van der Waals surface area contributed by atoms with E-state index in [0.29, 0.717) is 29.5 Å². The number of sulfone groups is 1. The van der Waals surface area contributed by atoms with E-state index in [9.17, 15) is 13.2 Å². The third-order valence-electron chi connectivity index (χ3n) is 5.20. The van der Waals surface area contributed by atoms with Gasteiger partial charge < -0.3 is 14.8 Å². The van der Waals surface area contributed by atoms with Gasteiger partial charge in [0.1, 0.15) is 11.5 Å². The van der Waals surface area contributed by atoms with Crippen LogP contribution in [0.5, 0.6) is 11.5 Å². The molecule has 2 heterocycles. The molecule has 1 saturated heterocycles. The van der Waals surface area contributed by atoms with Crippen molar-refractivity contribution in [2.45, 2.75) is 31.2 Å². The van der Waals surface area contributed by atoms with Gasteiger partial charge in [-0.15, -0.1) is 0 Å². The minimum absolute atomic E-state index is 0.0825. The van der Waals surface area contributed by atoms with Crippen molar-refractivity contribution < 1.29 is 22.7 Å². The van der Waals surface area contributed by atoms with Gasteiger partial charge in [0.2, 0.25) is 0 Å². The summed E-state index contributed by atoms with van der Waals surface area (Å²) in [6.45, 7) is 0. The SMILES string of the molecule is COc1ccc(OC)c(NC(=O)c2cc(C3CC3)n([C@H]3CCS(=O)(=O)C3)n2)c1. The highest BCUT2D eigenvalue weighted by Gasteiger charge is 2.36. The Labute approximate surface area is 163 Å². The highest BCUT2D eigenvalue weighted by molar-refractivity contribution is 7.91. The van der Waals surface area contributed by atoms with Crippen molar-refractivity contribution in [2.24, 2.45) is 0 Å². The molecule has 1 amide bonds. The van der Waals surface area contributed by atoms with Crippen LogP contribution in [0.1, 0.15) is 47.4 Å². The molecular weight excluding hydrogens is 382 g/mol. The molecule has 150 valence electrons. The molecule has 1 aliphatic heterocycles. The zero-order valence-corrected chi connectivity index (χ0v) is 16.7. The van der Waals surface area contributed by atoms with Crippen LogP contribution in [0.4, 0.5) is 5.69 Å². The van der Waals surface area contributed by atoms with E-state index in [1.165, 1.54) is 7.11 Å². The summed E-state index contributed by atoms with van der Waals surface area (Å²) in [5.41, 5.74) is 1.71. The second-order valence-electron chi connectivity index (χ2n) is 7.25. The van der Waals surface area contributed by atoms with Crippen LogP contribution < -0.4 is 14.8 Å². The van der Waals surface area contributed by atoms with Crippen LogP contribution in [0.2, 0.25) is 0 Å². The fraction of sp³-hybridized carbons (Fsp3) is 0.474. The van der Waals surface area contributed by atoms with Gasteiger partial charge in [0.15, 0.2) is 15.5 Å². The fourth-order valence-electron chi connectivity index (χ4n) is 3.56. The molecule has 8 nitrogen and oxygen atoms in total. The number of ether oxygens (including phenoxy) is 2. The lowest BCUT2D eigenvalue weighted by atomic mass is 10.2. The van der Waals surface area contributed by atoms with Crippen molar-refractivity contribution in [3.05, 3.63) is 35.7 Å². The van der Waals surface area contributed by atoms with Crippen LogP contribution in [-0.2, 0) is 9.84 Å². The smallest absolute Gasteiger partial charge is 0.276 e. The summed E-state index contributed by atoms with van der Waals surface area (Å²) in [6.07, 6.45) is 2.61. The summed E-state index contributed by atoms with van der Waals surface area (Å²) in [5, 5.41) is 7.30. The first-order chi connectivity index (χ1) is 13.4. The fourth-order valence-corrected chi connectivity index (χ4v) is 5.25. The number of carbonyl (C=O) groups is 1. The number of carbonyl (C=O) groups excluding carboxylic acids is 1. The van der Waals surface area contributed by atoms with Crippen LogP contribution in [0.25, 0.3) is 0 Å². The minimum atomic E-state index is -3.03. The number of nitrogens with one attached hydrogen (secondary N) is 1. The van der Waals surface area contributed by atoms with E-state index < -0.39 is 9.84 Å². The van der Waals surface area contributed by atoms with E-state index in [-0.39, 0.29) is 29.1 Å². The first kappa shape index (κ1) is 18.8. The Kier molecular flexibility index (Phi) is 4.78. The van der Waals surface area contributed by atoms with Crippen molar-refractivity contribution in [1.82, 2.24) is 9.78 Å². The molecule has 1 N–H and O–H groups in total. The maximum atomic E-state index is 12.8. The van der Waals surface area contributed by atoms with Gasteiger partial charge in [0.25, 0.3) is 5.91 Å². The standard InChI is InChI=1S/C19H23N3O5S/c1-26-14-5-6-18(27-2)15(9-14)20-19(23)16-10-17(12-3-4-12)22(21-16)13-7-8-28(24,25)11-13/h5-6,9-10,12-13H,3-4,7-8,11H2,1-2H3,(H,20,23)/t13-/m0/s1. The lowest BCUT2D eigenvalue weighted by Crippen LogP contribution is -2.17. The van der Waals surface area contributed by atoms with E-state index in [2.05, 4.69) is 10.4 Å². The third kappa shape index (κ3) is 3.71. The zero-order chi connectivity index (χ0) is 19.9. The molecule has 0 spiro atoms. The van der Waals surface area contributed by atoms with Crippen LogP contribution in [-0.4, -0.2) is 49.8 Å². The minimum Gasteiger partial charge on any atom is -0.497 e. The van der Waals surface area contributed by atoms with Crippen LogP contribution in [0, 0.1) is 0 Å².